The summed E-state index contributed by atoms with van der Waals surface area (Å²) in [5.74, 6) is 1.22. The van der Waals surface area contributed by atoms with Crippen LogP contribution >= 0.6 is 0 Å². The van der Waals surface area contributed by atoms with Crippen molar-refractivity contribution in [3.05, 3.63) is 12.4 Å². The monoisotopic (exact) mass is 194 g/mol. The third-order valence-corrected chi connectivity index (χ3v) is 2.23. The number of nitrogens with one attached hydrogen (secondary N) is 1. The third-order valence-electron chi connectivity index (χ3n) is 2.23. The van der Waals surface area contributed by atoms with Crippen LogP contribution in [-0.2, 0) is 0 Å². The number of hydrogen-bond donors (Lipinski definition) is 2. The van der Waals surface area contributed by atoms with Gasteiger partial charge in [-0.15, -0.1) is 0 Å². The number of nitrogen functional groups attached to an aromatic ring is 1. The van der Waals surface area contributed by atoms with Gasteiger partial charge < -0.3 is 11.1 Å². The second-order valence-corrected chi connectivity index (χ2v) is 3.74. The van der Waals surface area contributed by atoms with Gasteiger partial charge in [-0.1, -0.05) is 20.8 Å². The predicted molar refractivity (Wildman–Crippen MR) is 59.0 cm³/mol. The van der Waals surface area contributed by atoms with Crippen molar-refractivity contribution in [3.8, 4) is 0 Å². The van der Waals surface area contributed by atoms with Crippen LogP contribution in [0, 0.1) is 5.92 Å². The fourth-order valence-electron chi connectivity index (χ4n) is 1.32. The van der Waals surface area contributed by atoms with Crippen molar-refractivity contribution in [1.29, 1.82) is 0 Å². The first kappa shape index (κ1) is 10.8. The van der Waals surface area contributed by atoms with Crippen molar-refractivity contribution < 1.29 is 0 Å². The Bertz CT molecular complexity index is 268. The maximum Gasteiger partial charge on any atom is 0.222 e. The van der Waals surface area contributed by atoms with Crippen molar-refractivity contribution >= 4 is 11.6 Å². The Kier molecular flexibility index (Phi) is 3.68. The van der Waals surface area contributed by atoms with Crippen molar-refractivity contribution in [2.45, 2.75) is 33.2 Å². The number of hydrogen-bond acceptors (Lipinski definition) is 4. The molecule has 4 heteroatoms. The first-order chi connectivity index (χ1) is 6.63. The second-order valence-electron chi connectivity index (χ2n) is 3.74. The zero-order valence-electron chi connectivity index (χ0n) is 8.99. The molecule has 0 radical (unpaired) electrons. The molecule has 1 aromatic heterocycles. The van der Waals surface area contributed by atoms with Gasteiger partial charge in [-0.25, -0.2) is 9.97 Å². The molecule has 0 amide bonds. The Labute approximate surface area is 85.0 Å². The maximum absolute atomic E-state index is 5.50. The average Bonchev–Trinajstić information content (AvgIpc) is 2.16. The molecule has 1 aromatic rings. The van der Waals surface area contributed by atoms with E-state index in [0.29, 0.717) is 23.6 Å². The minimum absolute atomic E-state index is 0.415. The number of aromatic nitrogens is 2. The van der Waals surface area contributed by atoms with Crippen LogP contribution in [0.15, 0.2) is 12.4 Å². The zero-order chi connectivity index (χ0) is 10.6. The molecule has 1 atom stereocenters. The van der Waals surface area contributed by atoms with E-state index in [1.807, 2.05) is 0 Å². The molecule has 0 bridgehead atoms. The average molecular weight is 194 g/mol. The molecule has 0 saturated carbocycles. The van der Waals surface area contributed by atoms with Crippen LogP contribution < -0.4 is 11.1 Å². The lowest BCUT2D eigenvalue weighted by Crippen LogP contribution is -2.25. The van der Waals surface area contributed by atoms with Gasteiger partial charge in [-0.05, 0) is 12.3 Å². The summed E-state index contributed by atoms with van der Waals surface area (Å²) < 4.78 is 0. The Morgan fingerprint density at radius 3 is 2.36 bits per heavy atom. The van der Waals surface area contributed by atoms with Crippen molar-refractivity contribution in [1.82, 2.24) is 9.97 Å². The van der Waals surface area contributed by atoms with Gasteiger partial charge in [0.2, 0.25) is 5.95 Å². The SMILES string of the molecule is CCC(Nc1ncc(N)cn1)C(C)C. The molecule has 3 N–H and O–H groups in total. The summed E-state index contributed by atoms with van der Waals surface area (Å²) in [6.45, 7) is 6.51. The quantitative estimate of drug-likeness (QED) is 0.768. The van der Waals surface area contributed by atoms with E-state index in [9.17, 15) is 0 Å². The van der Waals surface area contributed by atoms with E-state index >= 15 is 0 Å². The van der Waals surface area contributed by atoms with E-state index in [4.69, 9.17) is 5.73 Å². The van der Waals surface area contributed by atoms with Gasteiger partial charge in [0.05, 0.1) is 18.1 Å². The lowest BCUT2D eigenvalue weighted by atomic mass is 10.0. The minimum atomic E-state index is 0.415. The van der Waals surface area contributed by atoms with Gasteiger partial charge in [0.1, 0.15) is 0 Å². The van der Waals surface area contributed by atoms with Crippen molar-refractivity contribution in [2.24, 2.45) is 5.92 Å². The van der Waals surface area contributed by atoms with Crippen LogP contribution in [0.25, 0.3) is 0 Å². The van der Waals surface area contributed by atoms with Crippen molar-refractivity contribution in [2.75, 3.05) is 11.1 Å². The van der Waals surface area contributed by atoms with Crippen molar-refractivity contribution in [3.63, 3.8) is 0 Å². The summed E-state index contributed by atoms with van der Waals surface area (Å²) in [4.78, 5) is 8.20. The molecule has 14 heavy (non-hydrogen) atoms. The Hall–Kier alpha value is -1.32. The molecule has 1 unspecified atom stereocenters. The molecule has 0 saturated heterocycles. The first-order valence-electron chi connectivity index (χ1n) is 4.97. The molecule has 0 aromatic carbocycles. The molecule has 4 nitrogen and oxygen atoms in total. The van der Waals surface area contributed by atoms with E-state index in [0.717, 1.165) is 6.42 Å². The fourth-order valence-corrected chi connectivity index (χ4v) is 1.32. The lowest BCUT2D eigenvalue weighted by Gasteiger charge is -2.20. The van der Waals surface area contributed by atoms with Crippen LogP contribution in [0.5, 0.6) is 0 Å². The summed E-state index contributed by atoms with van der Waals surface area (Å²) in [5, 5.41) is 3.28. The number of anilines is 2. The Morgan fingerprint density at radius 2 is 1.93 bits per heavy atom. The normalized spacial score (nSPS) is 12.9. The molecule has 0 spiro atoms. The van der Waals surface area contributed by atoms with Gasteiger partial charge in [0.15, 0.2) is 0 Å². The zero-order valence-corrected chi connectivity index (χ0v) is 8.99. The van der Waals surface area contributed by atoms with E-state index in [1.54, 1.807) is 12.4 Å². The van der Waals surface area contributed by atoms with Crippen LogP contribution in [-0.4, -0.2) is 16.0 Å². The molecular weight excluding hydrogens is 176 g/mol. The van der Waals surface area contributed by atoms with Crippen LogP contribution in [0.2, 0.25) is 0 Å². The Balaban J connectivity index is 2.63. The molecule has 1 rings (SSSR count). The highest BCUT2D eigenvalue weighted by atomic mass is 15.1. The minimum Gasteiger partial charge on any atom is -0.396 e. The van der Waals surface area contributed by atoms with Crippen LogP contribution in [0.4, 0.5) is 11.6 Å². The molecule has 0 aliphatic carbocycles. The Morgan fingerprint density at radius 1 is 1.36 bits per heavy atom. The standard InChI is InChI=1S/C10H18N4/c1-4-9(7(2)3)14-10-12-5-8(11)6-13-10/h5-7,9H,4,11H2,1-3H3,(H,12,13,14). The molecular formula is C10H18N4. The van der Waals surface area contributed by atoms with Gasteiger partial charge in [0.25, 0.3) is 0 Å². The fraction of sp³-hybridized carbons (Fsp3) is 0.600. The molecule has 78 valence electrons. The molecule has 0 aliphatic heterocycles. The van der Waals surface area contributed by atoms with Gasteiger partial charge in [-0.2, -0.15) is 0 Å². The summed E-state index contributed by atoms with van der Waals surface area (Å²) in [7, 11) is 0. The molecule has 0 fully saturated rings. The largest absolute Gasteiger partial charge is 0.396 e. The summed E-state index contributed by atoms with van der Waals surface area (Å²) in [6, 6.07) is 0.415. The lowest BCUT2D eigenvalue weighted by molar-refractivity contribution is 0.508. The van der Waals surface area contributed by atoms with Gasteiger partial charge >= 0.3 is 0 Å². The topological polar surface area (TPSA) is 63.8 Å². The van der Waals surface area contributed by atoms with E-state index < -0.39 is 0 Å². The van der Waals surface area contributed by atoms with E-state index in [2.05, 4.69) is 36.1 Å². The highest BCUT2D eigenvalue weighted by molar-refractivity contribution is 5.36. The highest BCUT2D eigenvalue weighted by Gasteiger charge is 2.11. The third kappa shape index (κ3) is 2.87. The molecule has 1 heterocycles. The van der Waals surface area contributed by atoms with E-state index in [1.165, 1.54) is 0 Å². The van der Waals surface area contributed by atoms with Crippen LogP contribution in [0.3, 0.4) is 0 Å². The van der Waals surface area contributed by atoms with Crippen LogP contribution in [0.1, 0.15) is 27.2 Å². The maximum atomic E-state index is 5.50. The van der Waals surface area contributed by atoms with Gasteiger partial charge in [-0.3, -0.25) is 0 Å². The van der Waals surface area contributed by atoms with Gasteiger partial charge in [0, 0.05) is 6.04 Å². The summed E-state index contributed by atoms with van der Waals surface area (Å²) >= 11 is 0. The number of nitrogens with two attached hydrogens (primary N) is 1. The number of rotatable bonds is 4. The predicted octanol–water partition coefficient (Wildman–Crippen LogP) is 1.91. The highest BCUT2D eigenvalue weighted by Crippen LogP contribution is 2.11. The summed E-state index contributed by atoms with van der Waals surface area (Å²) in [5.41, 5.74) is 6.09. The second kappa shape index (κ2) is 4.79. The number of nitrogens with zero attached hydrogens (tertiary/aromatic N) is 2. The first-order valence-corrected chi connectivity index (χ1v) is 4.97. The molecule has 0 aliphatic rings. The summed E-state index contributed by atoms with van der Waals surface area (Å²) in [6.07, 6.45) is 4.29. The smallest absolute Gasteiger partial charge is 0.222 e. The van der Waals surface area contributed by atoms with E-state index in [-0.39, 0.29) is 0 Å².